The van der Waals surface area contributed by atoms with Gasteiger partial charge in [-0.15, -0.1) is 11.3 Å². The summed E-state index contributed by atoms with van der Waals surface area (Å²) in [6.07, 6.45) is 11.4. The van der Waals surface area contributed by atoms with E-state index in [1.807, 2.05) is 37.1 Å². The normalized spacial score (nSPS) is 16.9. The van der Waals surface area contributed by atoms with E-state index >= 15 is 0 Å². The molecular weight excluding hydrogens is 386 g/mol. The molecule has 1 atom stereocenters. The Morgan fingerprint density at radius 1 is 1.21 bits per heavy atom. The van der Waals surface area contributed by atoms with E-state index in [9.17, 15) is 4.79 Å². The first-order chi connectivity index (χ1) is 14.2. The van der Waals surface area contributed by atoms with Crippen LogP contribution in [0.4, 0.5) is 0 Å². The first-order valence-corrected chi connectivity index (χ1v) is 10.5. The maximum Gasteiger partial charge on any atom is 0.261 e. The number of hydrogen-bond donors (Lipinski definition) is 2. The monoisotopic (exact) mass is 407 g/mol. The van der Waals surface area contributed by atoms with Gasteiger partial charge >= 0.3 is 0 Å². The number of nitrogens with zero attached hydrogens (tertiary/aromatic N) is 5. The average molecular weight is 408 g/mol. The van der Waals surface area contributed by atoms with Gasteiger partial charge in [0.05, 0.1) is 17.3 Å². The molecule has 0 saturated carbocycles. The summed E-state index contributed by atoms with van der Waals surface area (Å²) in [5.74, 6) is -0.0155. The van der Waals surface area contributed by atoms with Gasteiger partial charge in [0.1, 0.15) is 0 Å². The van der Waals surface area contributed by atoms with Crippen LogP contribution in [0, 0.1) is 0 Å². The van der Waals surface area contributed by atoms with Crippen molar-refractivity contribution in [2.45, 2.75) is 18.9 Å². The van der Waals surface area contributed by atoms with Crippen molar-refractivity contribution in [2.24, 2.45) is 7.05 Å². The minimum Gasteiger partial charge on any atom is -0.347 e. The summed E-state index contributed by atoms with van der Waals surface area (Å²) in [6.45, 7) is 1.86. The zero-order valence-corrected chi connectivity index (χ0v) is 16.8. The SMILES string of the molecule is Cn1cc(-c2cnc3c(-c4csc(C(=O)NC5CCCNC5)c4)cnn3c2)cn1. The third-order valence-corrected chi connectivity index (χ3v) is 6.09. The zero-order chi connectivity index (χ0) is 19.8. The molecule has 5 rings (SSSR count). The van der Waals surface area contributed by atoms with E-state index in [4.69, 9.17) is 0 Å². The second-order valence-corrected chi connectivity index (χ2v) is 8.20. The molecule has 1 unspecified atom stereocenters. The number of carbonyl (C=O) groups excluding carboxylic acids is 1. The van der Waals surface area contributed by atoms with Crippen molar-refractivity contribution >= 4 is 22.9 Å². The molecule has 2 N–H and O–H groups in total. The predicted molar refractivity (Wildman–Crippen MR) is 112 cm³/mol. The molecule has 1 saturated heterocycles. The molecule has 4 aromatic heterocycles. The van der Waals surface area contributed by atoms with Crippen molar-refractivity contribution in [2.75, 3.05) is 13.1 Å². The van der Waals surface area contributed by atoms with Crippen LogP contribution in [0.5, 0.6) is 0 Å². The van der Waals surface area contributed by atoms with E-state index in [2.05, 4.69) is 25.8 Å². The van der Waals surface area contributed by atoms with Gasteiger partial charge < -0.3 is 10.6 Å². The molecule has 148 valence electrons. The highest BCUT2D eigenvalue weighted by Crippen LogP contribution is 2.29. The topological polar surface area (TPSA) is 89.1 Å². The fraction of sp³-hybridized carbons (Fsp3) is 0.300. The lowest BCUT2D eigenvalue weighted by Gasteiger charge is -2.23. The van der Waals surface area contributed by atoms with Gasteiger partial charge in [-0.25, -0.2) is 9.50 Å². The highest BCUT2D eigenvalue weighted by atomic mass is 32.1. The lowest BCUT2D eigenvalue weighted by Crippen LogP contribution is -2.45. The molecule has 0 aromatic carbocycles. The molecule has 9 heteroatoms. The second-order valence-electron chi connectivity index (χ2n) is 7.29. The molecule has 1 fully saturated rings. The Labute approximate surface area is 171 Å². The minimum atomic E-state index is -0.0155. The molecule has 0 bridgehead atoms. The Balaban J connectivity index is 1.39. The van der Waals surface area contributed by atoms with Crippen molar-refractivity contribution in [3.63, 3.8) is 0 Å². The van der Waals surface area contributed by atoms with Crippen LogP contribution in [-0.2, 0) is 7.05 Å². The molecule has 0 spiro atoms. The van der Waals surface area contributed by atoms with E-state index in [0.29, 0.717) is 4.88 Å². The molecule has 8 nitrogen and oxygen atoms in total. The third-order valence-electron chi connectivity index (χ3n) is 5.16. The van der Waals surface area contributed by atoms with Gasteiger partial charge in [-0.05, 0) is 36.4 Å². The zero-order valence-electron chi connectivity index (χ0n) is 16.0. The van der Waals surface area contributed by atoms with Crippen LogP contribution in [0.3, 0.4) is 0 Å². The van der Waals surface area contributed by atoms with E-state index in [1.165, 1.54) is 11.3 Å². The van der Waals surface area contributed by atoms with E-state index in [-0.39, 0.29) is 11.9 Å². The summed E-state index contributed by atoms with van der Waals surface area (Å²) >= 11 is 1.45. The number of piperidine rings is 1. The van der Waals surface area contributed by atoms with Crippen molar-refractivity contribution < 1.29 is 4.79 Å². The number of hydrogen-bond acceptors (Lipinski definition) is 6. The van der Waals surface area contributed by atoms with Crippen LogP contribution < -0.4 is 10.6 Å². The lowest BCUT2D eigenvalue weighted by molar-refractivity contribution is 0.0935. The molecule has 4 aromatic rings. The van der Waals surface area contributed by atoms with Crippen LogP contribution in [-0.4, -0.2) is 49.4 Å². The molecule has 0 aliphatic carbocycles. The fourth-order valence-corrected chi connectivity index (χ4v) is 4.44. The standard InChI is InChI=1S/C20H21N7OS/c1-26-10-15(7-23-26)14-6-22-19-17(9-24-27(19)11-14)13-5-18(29-12-13)20(28)25-16-3-2-4-21-8-16/h5-7,9-12,16,21H,2-4,8H2,1H3,(H,25,28). The Morgan fingerprint density at radius 2 is 2.10 bits per heavy atom. The molecule has 1 aliphatic rings. The predicted octanol–water partition coefficient (Wildman–Crippen LogP) is 2.34. The Kier molecular flexibility index (Phi) is 4.61. The molecular formula is C20H21N7OS. The number of fused-ring (bicyclic) bond motifs is 1. The first kappa shape index (κ1) is 18.0. The Morgan fingerprint density at radius 3 is 2.90 bits per heavy atom. The average Bonchev–Trinajstić information content (AvgIpc) is 3.47. The molecule has 5 heterocycles. The quantitative estimate of drug-likeness (QED) is 0.542. The van der Waals surface area contributed by atoms with Gasteiger partial charge in [0.2, 0.25) is 0 Å². The lowest BCUT2D eigenvalue weighted by atomic mass is 10.1. The summed E-state index contributed by atoms with van der Waals surface area (Å²) in [5, 5.41) is 17.1. The van der Waals surface area contributed by atoms with E-state index in [1.54, 1.807) is 21.6 Å². The highest BCUT2D eigenvalue weighted by Gasteiger charge is 2.19. The van der Waals surface area contributed by atoms with Gasteiger partial charge in [-0.1, -0.05) is 0 Å². The number of rotatable bonds is 4. The van der Waals surface area contributed by atoms with Crippen molar-refractivity contribution in [1.29, 1.82) is 0 Å². The third kappa shape index (κ3) is 3.54. The number of carbonyl (C=O) groups is 1. The molecule has 29 heavy (non-hydrogen) atoms. The number of nitrogens with one attached hydrogen (secondary N) is 2. The minimum absolute atomic E-state index is 0.0155. The number of thiophene rings is 1. The summed E-state index contributed by atoms with van der Waals surface area (Å²) in [6, 6.07) is 2.12. The molecule has 0 radical (unpaired) electrons. The summed E-state index contributed by atoms with van der Waals surface area (Å²) in [7, 11) is 1.89. The van der Waals surface area contributed by atoms with Gasteiger partial charge in [0.25, 0.3) is 5.91 Å². The maximum atomic E-state index is 12.6. The van der Waals surface area contributed by atoms with Crippen molar-refractivity contribution in [3.05, 3.63) is 47.3 Å². The smallest absolute Gasteiger partial charge is 0.261 e. The number of aromatic nitrogens is 5. The Bertz CT molecular complexity index is 1170. The van der Waals surface area contributed by atoms with Crippen LogP contribution in [0.15, 0.2) is 42.4 Å². The first-order valence-electron chi connectivity index (χ1n) is 9.60. The number of amides is 1. The van der Waals surface area contributed by atoms with Crippen LogP contribution in [0.2, 0.25) is 0 Å². The molecule has 1 aliphatic heterocycles. The van der Waals surface area contributed by atoms with Crippen LogP contribution in [0.25, 0.3) is 27.9 Å². The van der Waals surface area contributed by atoms with E-state index in [0.717, 1.165) is 53.8 Å². The largest absolute Gasteiger partial charge is 0.347 e. The number of aryl methyl sites for hydroxylation is 1. The fourth-order valence-electron chi connectivity index (χ4n) is 3.63. The highest BCUT2D eigenvalue weighted by molar-refractivity contribution is 7.12. The Hall–Kier alpha value is -3.04. The second kappa shape index (κ2) is 7.41. The van der Waals surface area contributed by atoms with Gasteiger partial charge in [-0.3, -0.25) is 9.48 Å². The van der Waals surface area contributed by atoms with Gasteiger partial charge in [0, 0.05) is 54.9 Å². The molecule has 1 amide bonds. The summed E-state index contributed by atoms with van der Waals surface area (Å²) < 4.78 is 3.53. The van der Waals surface area contributed by atoms with Crippen LogP contribution in [0.1, 0.15) is 22.5 Å². The summed E-state index contributed by atoms with van der Waals surface area (Å²) in [4.78, 5) is 17.9. The summed E-state index contributed by atoms with van der Waals surface area (Å²) in [5.41, 5.74) is 4.58. The van der Waals surface area contributed by atoms with Crippen molar-refractivity contribution in [1.82, 2.24) is 35.0 Å². The van der Waals surface area contributed by atoms with Gasteiger partial charge in [0.15, 0.2) is 5.65 Å². The van der Waals surface area contributed by atoms with Crippen molar-refractivity contribution in [3.8, 4) is 22.3 Å². The maximum absolute atomic E-state index is 12.6. The van der Waals surface area contributed by atoms with E-state index < -0.39 is 0 Å². The van der Waals surface area contributed by atoms with Gasteiger partial charge in [-0.2, -0.15) is 10.2 Å². The van der Waals surface area contributed by atoms with Crippen LogP contribution >= 0.6 is 11.3 Å².